The Labute approximate surface area is 180 Å². The highest BCUT2D eigenvalue weighted by atomic mass is 127. The highest BCUT2D eigenvalue weighted by Crippen LogP contribution is 2.17. The summed E-state index contributed by atoms with van der Waals surface area (Å²) >= 11 is 0. The molecule has 0 amide bonds. The van der Waals surface area contributed by atoms with E-state index in [0.29, 0.717) is 25.7 Å². The Hall–Kier alpha value is -0.940. The van der Waals surface area contributed by atoms with Gasteiger partial charge in [0.1, 0.15) is 12.4 Å². The minimum Gasteiger partial charge on any atom is -0.387 e. The van der Waals surface area contributed by atoms with Crippen LogP contribution in [0.4, 0.5) is 0 Å². The van der Waals surface area contributed by atoms with Crippen molar-refractivity contribution in [1.29, 1.82) is 0 Å². The van der Waals surface area contributed by atoms with Crippen LogP contribution in [0.15, 0.2) is 4.99 Å². The number of aryl methyl sites for hydroxylation is 1. The molecule has 1 aromatic heterocycles. The molecule has 8 nitrogen and oxygen atoms in total. The molecule has 0 aromatic carbocycles. The Morgan fingerprint density at radius 1 is 1.30 bits per heavy atom. The fourth-order valence-corrected chi connectivity index (χ4v) is 3.34. The van der Waals surface area contributed by atoms with E-state index in [0.717, 1.165) is 30.5 Å². The molecular weight excluding hydrogens is 457 g/mol. The SMILES string of the molecule is Cc1nnc(CN=C(NCC(C)(O)CN(C)C)NC2CCCCC2)n1C.I. The van der Waals surface area contributed by atoms with Crippen molar-refractivity contribution in [3.8, 4) is 0 Å². The van der Waals surface area contributed by atoms with E-state index < -0.39 is 5.60 Å². The zero-order chi connectivity index (χ0) is 19.2. The normalized spacial score (nSPS) is 18.1. The molecule has 3 N–H and O–H groups in total. The fraction of sp³-hybridized carbons (Fsp3) is 0.833. The third-order valence-electron chi connectivity index (χ3n) is 4.80. The van der Waals surface area contributed by atoms with Gasteiger partial charge in [0.05, 0.1) is 5.60 Å². The van der Waals surface area contributed by atoms with E-state index >= 15 is 0 Å². The maximum Gasteiger partial charge on any atom is 0.192 e. The fourth-order valence-electron chi connectivity index (χ4n) is 3.34. The van der Waals surface area contributed by atoms with Crippen molar-refractivity contribution >= 4 is 29.9 Å². The van der Waals surface area contributed by atoms with Crippen molar-refractivity contribution in [1.82, 2.24) is 30.3 Å². The molecule has 0 bridgehead atoms. The van der Waals surface area contributed by atoms with E-state index in [2.05, 4.69) is 20.8 Å². The summed E-state index contributed by atoms with van der Waals surface area (Å²) in [6, 6.07) is 0.440. The van der Waals surface area contributed by atoms with E-state index in [1.807, 2.05) is 44.5 Å². The van der Waals surface area contributed by atoms with Gasteiger partial charge in [0.25, 0.3) is 0 Å². The smallest absolute Gasteiger partial charge is 0.192 e. The second-order valence-corrected chi connectivity index (χ2v) is 7.95. The first kappa shape index (κ1) is 24.1. The van der Waals surface area contributed by atoms with Crippen LogP contribution in [-0.2, 0) is 13.6 Å². The van der Waals surface area contributed by atoms with Gasteiger partial charge in [-0.1, -0.05) is 19.3 Å². The van der Waals surface area contributed by atoms with Crippen LogP contribution in [0.5, 0.6) is 0 Å². The summed E-state index contributed by atoms with van der Waals surface area (Å²) in [6.45, 7) is 5.23. The average Bonchev–Trinajstić information content (AvgIpc) is 2.89. The Balaban J connectivity index is 0.00000364. The predicted molar refractivity (Wildman–Crippen MR) is 119 cm³/mol. The summed E-state index contributed by atoms with van der Waals surface area (Å²) in [4.78, 5) is 6.67. The lowest BCUT2D eigenvalue weighted by Gasteiger charge is -2.30. The van der Waals surface area contributed by atoms with E-state index in [4.69, 9.17) is 4.99 Å². The van der Waals surface area contributed by atoms with Crippen LogP contribution in [0.3, 0.4) is 0 Å². The van der Waals surface area contributed by atoms with Gasteiger partial charge in [0.2, 0.25) is 0 Å². The molecular formula is C18H36IN7O. The minimum atomic E-state index is -0.833. The standard InChI is InChI=1S/C18H35N7O.HI/c1-14-22-23-16(25(14)5)11-19-17(21-15-9-7-6-8-10-15)20-12-18(2,26)13-24(3)4;/h15,26H,6-13H2,1-5H3,(H2,19,20,21);1H. The second-order valence-electron chi connectivity index (χ2n) is 7.95. The third kappa shape index (κ3) is 8.30. The summed E-state index contributed by atoms with van der Waals surface area (Å²) in [5.74, 6) is 2.43. The van der Waals surface area contributed by atoms with Gasteiger partial charge in [-0.3, -0.25) is 0 Å². The van der Waals surface area contributed by atoms with Crippen molar-refractivity contribution in [2.75, 3.05) is 27.2 Å². The number of halogens is 1. The molecule has 27 heavy (non-hydrogen) atoms. The molecule has 9 heteroatoms. The van der Waals surface area contributed by atoms with Gasteiger partial charge >= 0.3 is 0 Å². The van der Waals surface area contributed by atoms with Gasteiger partial charge < -0.3 is 25.2 Å². The first-order valence-electron chi connectivity index (χ1n) is 9.54. The van der Waals surface area contributed by atoms with Crippen molar-refractivity contribution < 1.29 is 5.11 Å². The number of hydrogen-bond acceptors (Lipinski definition) is 5. The summed E-state index contributed by atoms with van der Waals surface area (Å²) in [6.07, 6.45) is 6.15. The number of nitrogens with zero attached hydrogens (tertiary/aromatic N) is 5. The van der Waals surface area contributed by atoms with Crippen LogP contribution in [0, 0.1) is 6.92 Å². The summed E-state index contributed by atoms with van der Waals surface area (Å²) < 4.78 is 1.95. The van der Waals surface area contributed by atoms with Crippen LogP contribution in [0.25, 0.3) is 0 Å². The first-order chi connectivity index (χ1) is 12.3. The third-order valence-corrected chi connectivity index (χ3v) is 4.80. The van der Waals surface area contributed by atoms with Crippen LogP contribution < -0.4 is 10.6 Å². The molecule has 0 spiro atoms. The van der Waals surface area contributed by atoms with E-state index in [-0.39, 0.29) is 24.0 Å². The van der Waals surface area contributed by atoms with Crippen LogP contribution in [-0.4, -0.2) is 69.6 Å². The number of aliphatic imine (C=N–C) groups is 1. The van der Waals surface area contributed by atoms with Crippen molar-refractivity contribution in [3.05, 3.63) is 11.6 Å². The summed E-state index contributed by atoms with van der Waals surface area (Å²) in [5, 5.41) is 25.7. The molecule has 0 saturated heterocycles. The van der Waals surface area contributed by atoms with Gasteiger partial charge in [-0.05, 0) is 40.8 Å². The van der Waals surface area contributed by atoms with Gasteiger partial charge in [-0.25, -0.2) is 4.99 Å². The molecule has 1 aromatic rings. The number of likely N-dealkylation sites (N-methyl/N-ethyl adjacent to an activating group) is 1. The topological polar surface area (TPSA) is 90.6 Å². The second kappa shape index (κ2) is 11.2. The molecule has 1 heterocycles. The van der Waals surface area contributed by atoms with Gasteiger partial charge in [-0.15, -0.1) is 34.2 Å². The maximum absolute atomic E-state index is 10.6. The molecule has 1 fully saturated rings. The lowest BCUT2D eigenvalue weighted by atomic mass is 9.96. The Bertz CT molecular complexity index is 595. The van der Waals surface area contributed by atoms with Crippen LogP contribution >= 0.6 is 24.0 Å². The van der Waals surface area contributed by atoms with E-state index in [1.54, 1.807) is 0 Å². The zero-order valence-electron chi connectivity index (χ0n) is 17.3. The highest BCUT2D eigenvalue weighted by molar-refractivity contribution is 14.0. The molecule has 1 unspecified atom stereocenters. The Morgan fingerprint density at radius 3 is 2.52 bits per heavy atom. The van der Waals surface area contributed by atoms with Gasteiger partial charge in [0.15, 0.2) is 11.8 Å². The maximum atomic E-state index is 10.6. The molecule has 156 valence electrons. The number of aromatic nitrogens is 3. The Kier molecular flexibility index (Phi) is 9.96. The monoisotopic (exact) mass is 493 g/mol. The number of rotatable bonds is 7. The average molecular weight is 493 g/mol. The lowest BCUT2D eigenvalue weighted by Crippen LogP contribution is -2.52. The molecule has 1 atom stereocenters. The Morgan fingerprint density at radius 2 is 1.96 bits per heavy atom. The summed E-state index contributed by atoms with van der Waals surface area (Å²) in [7, 11) is 5.87. The number of guanidine groups is 1. The highest BCUT2D eigenvalue weighted by Gasteiger charge is 2.22. The number of nitrogens with one attached hydrogen (secondary N) is 2. The predicted octanol–water partition coefficient (Wildman–Crippen LogP) is 1.42. The number of aliphatic hydroxyl groups is 1. The molecule has 1 aliphatic rings. The van der Waals surface area contributed by atoms with Crippen LogP contribution in [0.1, 0.15) is 50.7 Å². The van der Waals surface area contributed by atoms with Crippen molar-refractivity contribution in [2.24, 2.45) is 12.0 Å². The van der Waals surface area contributed by atoms with Crippen molar-refractivity contribution in [3.63, 3.8) is 0 Å². The van der Waals surface area contributed by atoms with E-state index in [1.165, 1.54) is 19.3 Å². The molecule has 0 radical (unpaired) electrons. The molecule has 1 saturated carbocycles. The van der Waals surface area contributed by atoms with E-state index in [9.17, 15) is 5.11 Å². The lowest BCUT2D eigenvalue weighted by molar-refractivity contribution is 0.0376. The zero-order valence-corrected chi connectivity index (χ0v) is 19.7. The van der Waals surface area contributed by atoms with Gasteiger partial charge in [-0.2, -0.15) is 0 Å². The van der Waals surface area contributed by atoms with Crippen molar-refractivity contribution in [2.45, 2.75) is 64.1 Å². The first-order valence-corrected chi connectivity index (χ1v) is 9.54. The molecule has 2 rings (SSSR count). The minimum absolute atomic E-state index is 0. The van der Waals surface area contributed by atoms with Crippen LogP contribution in [0.2, 0.25) is 0 Å². The quantitative estimate of drug-likeness (QED) is 0.303. The van der Waals surface area contributed by atoms with Gasteiger partial charge in [0, 0.05) is 26.2 Å². The molecule has 0 aliphatic heterocycles. The summed E-state index contributed by atoms with van der Waals surface area (Å²) in [5.41, 5.74) is -0.833. The largest absolute Gasteiger partial charge is 0.387 e. The molecule has 1 aliphatic carbocycles. The number of hydrogen-bond donors (Lipinski definition) is 3.